The molecule has 1 heteroatoms. The van der Waals surface area contributed by atoms with Gasteiger partial charge in [-0.3, -0.25) is 0 Å². The number of aryl methyl sites for hydroxylation is 2. The van der Waals surface area contributed by atoms with E-state index in [1.807, 2.05) is 33.8 Å². The molecule has 0 aliphatic heterocycles. The van der Waals surface area contributed by atoms with Crippen LogP contribution in [0, 0.1) is 13.8 Å². The van der Waals surface area contributed by atoms with E-state index in [9.17, 15) is 0 Å². The number of benzene rings is 2. The van der Waals surface area contributed by atoms with Gasteiger partial charge >= 0.3 is 0 Å². The molecule has 0 amide bonds. The number of ether oxygens (including phenoxy) is 1. The summed E-state index contributed by atoms with van der Waals surface area (Å²) >= 11 is 0. The Kier molecular flexibility index (Phi) is 14.0. The molecule has 0 radical (unpaired) electrons. The first-order chi connectivity index (χ1) is 10.2. The topological polar surface area (TPSA) is 9.23 Å². The van der Waals surface area contributed by atoms with E-state index in [1.54, 1.807) is 7.11 Å². The van der Waals surface area contributed by atoms with Crippen molar-refractivity contribution in [2.24, 2.45) is 0 Å². The van der Waals surface area contributed by atoms with Crippen molar-refractivity contribution in [1.29, 1.82) is 0 Å². The maximum atomic E-state index is 5.36. The van der Waals surface area contributed by atoms with Gasteiger partial charge in [0.2, 0.25) is 0 Å². The van der Waals surface area contributed by atoms with Crippen LogP contribution in [0.3, 0.4) is 0 Å². The van der Waals surface area contributed by atoms with Crippen LogP contribution in [-0.4, -0.2) is 7.11 Å². The molecule has 1 nitrogen and oxygen atoms in total. The van der Waals surface area contributed by atoms with Crippen molar-refractivity contribution >= 4 is 10.8 Å². The van der Waals surface area contributed by atoms with Gasteiger partial charge in [-0.15, -0.1) is 0 Å². The Morgan fingerprint density at radius 3 is 1.71 bits per heavy atom. The molecule has 0 aromatic heterocycles. The van der Waals surface area contributed by atoms with Crippen molar-refractivity contribution in [2.45, 2.75) is 61.8 Å². The Labute approximate surface area is 132 Å². The summed E-state index contributed by atoms with van der Waals surface area (Å²) in [7, 11) is 1.72. The minimum Gasteiger partial charge on any atom is -0.496 e. The van der Waals surface area contributed by atoms with Crippen molar-refractivity contribution in [3.63, 3.8) is 0 Å². The van der Waals surface area contributed by atoms with Gasteiger partial charge in [-0.05, 0) is 36.4 Å². The fraction of sp³-hybridized carbons (Fsp3) is 0.500. The Bertz CT molecular complexity index is 486. The minimum atomic E-state index is 0.962. The van der Waals surface area contributed by atoms with Crippen molar-refractivity contribution in [3.05, 3.63) is 41.5 Å². The molecule has 0 saturated carbocycles. The van der Waals surface area contributed by atoms with Gasteiger partial charge in [-0.25, -0.2) is 0 Å². The van der Waals surface area contributed by atoms with Gasteiger partial charge in [-0.2, -0.15) is 0 Å². The second kappa shape index (κ2) is 13.5. The summed E-state index contributed by atoms with van der Waals surface area (Å²) in [6, 6.07) is 10.4. The summed E-state index contributed by atoms with van der Waals surface area (Å²) < 4.78 is 5.36. The number of methoxy groups -OCH3 is 1. The molecule has 0 aliphatic rings. The predicted octanol–water partition coefficient (Wildman–Crippen LogP) is 6.93. The van der Waals surface area contributed by atoms with Crippen LogP contribution in [0.5, 0.6) is 5.75 Å². The molecule has 0 fully saturated rings. The number of hydrogen-bond donors (Lipinski definition) is 0. The lowest BCUT2D eigenvalue weighted by molar-refractivity contribution is 0.419. The van der Waals surface area contributed by atoms with Crippen LogP contribution in [0.15, 0.2) is 30.3 Å². The van der Waals surface area contributed by atoms with Crippen LogP contribution in [0.1, 0.15) is 59.1 Å². The van der Waals surface area contributed by atoms with Crippen molar-refractivity contribution in [3.8, 4) is 5.75 Å². The Balaban J connectivity index is 0. The second-order valence-corrected chi connectivity index (χ2v) is 4.27. The van der Waals surface area contributed by atoms with Crippen LogP contribution in [-0.2, 0) is 0 Å². The van der Waals surface area contributed by atoms with E-state index in [1.165, 1.54) is 28.3 Å². The third kappa shape index (κ3) is 6.66. The van der Waals surface area contributed by atoms with E-state index in [-0.39, 0.29) is 0 Å². The van der Waals surface area contributed by atoms with Crippen molar-refractivity contribution in [1.82, 2.24) is 0 Å². The molecule has 0 unspecified atom stereocenters. The summed E-state index contributed by atoms with van der Waals surface area (Å²) in [5, 5.41) is 2.47. The molecule has 21 heavy (non-hydrogen) atoms. The maximum absolute atomic E-state index is 5.36. The first-order valence-electron chi connectivity index (χ1n) is 8.18. The molecule has 0 saturated heterocycles. The lowest BCUT2D eigenvalue weighted by Gasteiger charge is -2.10. The third-order valence-corrected chi connectivity index (χ3v) is 2.76. The summed E-state index contributed by atoms with van der Waals surface area (Å²) in [6.07, 6.45) is 1.25. The van der Waals surface area contributed by atoms with Gasteiger partial charge in [0.05, 0.1) is 7.11 Å². The minimum absolute atomic E-state index is 0.962. The summed E-state index contributed by atoms with van der Waals surface area (Å²) in [4.78, 5) is 0. The summed E-state index contributed by atoms with van der Waals surface area (Å²) in [5.74, 6) is 0.962. The van der Waals surface area contributed by atoms with Gasteiger partial charge in [0, 0.05) is 5.39 Å². The van der Waals surface area contributed by atoms with Gasteiger partial charge in [0.25, 0.3) is 0 Å². The van der Waals surface area contributed by atoms with Crippen LogP contribution in [0.2, 0.25) is 0 Å². The number of rotatable bonds is 1. The second-order valence-electron chi connectivity index (χ2n) is 4.27. The normalized spacial score (nSPS) is 8.43. The highest BCUT2D eigenvalue weighted by Crippen LogP contribution is 2.30. The molecule has 0 heterocycles. The number of hydrogen-bond acceptors (Lipinski definition) is 1. The Hall–Kier alpha value is -1.50. The van der Waals surface area contributed by atoms with Gasteiger partial charge in [0.15, 0.2) is 0 Å². The van der Waals surface area contributed by atoms with Crippen LogP contribution in [0.4, 0.5) is 0 Å². The maximum Gasteiger partial charge on any atom is 0.126 e. The first kappa shape index (κ1) is 21.8. The van der Waals surface area contributed by atoms with Crippen LogP contribution >= 0.6 is 0 Å². The van der Waals surface area contributed by atoms with Crippen molar-refractivity contribution in [2.75, 3.05) is 7.11 Å². The molecular weight excluding hydrogens is 256 g/mol. The fourth-order valence-corrected chi connectivity index (χ4v) is 1.79. The first-order valence-corrected chi connectivity index (χ1v) is 8.18. The molecule has 2 rings (SSSR count). The average Bonchev–Trinajstić information content (AvgIpc) is 2.55. The van der Waals surface area contributed by atoms with E-state index < -0.39 is 0 Å². The van der Waals surface area contributed by atoms with E-state index >= 15 is 0 Å². The fourth-order valence-electron chi connectivity index (χ4n) is 1.79. The number of fused-ring (bicyclic) bond motifs is 1. The third-order valence-electron chi connectivity index (χ3n) is 2.76. The highest BCUT2D eigenvalue weighted by molar-refractivity contribution is 5.91. The van der Waals surface area contributed by atoms with Crippen LogP contribution < -0.4 is 4.74 Å². The largest absolute Gasteiger partial charge is 0.496 e. The molecule has 120 valence electrons. The smallest absolute Gasteiger partial charge is 0.126 e. The SMILES string of the molecule is CC.CC.CCC.COc1cc(C)c(C)c2ccccc12. The summed E-state index contributed by atoms with van der Waals surface area (Å²) in [5.41, 5.74) is 2.61. The molecular formula is C20H34O. The lowest BCUT2D eigenvalue weighted by atomic mass is 10.0. The highest BCUT2D eigenvalue weighted by Gasteiger charge is 2.05. The van der Waals surface area contributed by atoms with Gasteiger partial charge in [-0.1, -0.05) is 72.2 Å². The van der Waals surface area contributed by atoms with E-state index in [0.717, 1.165) is 5.75 Å². The molecule has 2 aromatic rings. The zero-order chi connectivity index (χ0) is 16.8. The molecule has 2 aromatic carbocycles. The standard InChI is InChI=1S/C13H14O.C3H8.2C2H6/c1-9-8-13(14-3)12-7-5-4-6-11(12)10(9)2;1-3-2;2*1-2/h4-8H,1-3H3;3H2,1-2H3;2*1-2H3. The van der Waals surface area contributed by atoms with Gasteiger partial charge in [0.1, 0.15) is 5.75 Å². The molecule has 0 N–H and O–H groups in total. The highest BCUT2D eigenvalue weighted by atomic mass is 16.5. The zero-order valence-electron chi connectivity index (χ0n) is 15.5. The van der Waals surface area contributed by atoms with E-state index in [2.05, 4.69) is 52.0 Å². The molecule has 0 spiro atoms. The molecule has 0 bridgehead atoms. The van der Waals surface area contributed by atoms with Crippen molar-refractivity contribution < 1.29 is 4.74 Å². The Morgan fingerprint density at radius 1 is 0.857 bits per heavy atom. The molecule has 0 aliphatic carbocycles. The summed E-state index contributed by atoms with van der Waals surface area (Å²) in [6.45, 7) is 16.5. The average molecular weight is 290 g/mol. The van der Waals surface area contributed by atoms with Crippen LogP contribution in [0.25, 0.3) is 10.8 Å². The zero-order valence-corrected chi connectivity index (χ0v) is 15.5. The monoisotopic (exact) mass is 290 g/mol. The van der Waals surface area contributed by atoms with Gasteiger partial charge < -0.3 is 4.74 Å². The van der Waals surface area contributed by atoms with E-state index in [0.29, 0.717) is 0 Å². The van der Waals surface area contributed by atoms with E-state index in [4.69, 9.17) is 4.74 Å². The quantitative estimate of drug-likeness (QED) is 0.553. The lowest BCUT2D eigenvalue weighted by Crippen LogP contribution is -1.89. The molecule has 0 atom stereocenters. The Morgan fingerprint density at radius 2 is 1.29 bits per heavy atom. The predicted molar refractivity (Wildman–Crippen MR) is 98.6 cm³/mol.